The van der Waals surface area contributed by atoms with Crippen molar-refractivity contribution in [1.29, 1.82) is 0 Å². The van der Waals surface area contributed by atoms with Crippen molar-refractivity contribution in [3.8, 4) is 0 Å². The lowest BCUT2D eigenvalue weighted by atomic mass is 10.0. The number of aromatic nitrogens is 1. The van der Waals surface area contributed by atoms with Crippen molar-refractivity contribution in [3.63, 3.8) is 0 Å². The van der Waals surface area contributed by atoms with Gasteiger partial charge in [-0.05, 0) is 44.4 Å². The van der Waals surface area contributed by atoms with Crippen LogP contribution in [0.1, 0.15) is 42.8 Å². The Morgan fingerprint density at radius 2 is 1.62 bits per heavy atom. The smallest absolute Gasteiger partial charge is 0.242 e. The SMILES string of the molecule is Cc1ccc(C)n1[C@H](C)C(=O)NC[C@H](C)c1ccccc1. The summed E-state index contributed by atoms with van der Waals surface area (Å²) in [6, 6.07) is 14.2. The normalized spacial score (nSPS) is 13.7. The number of nitrogens with one attached hydrogen (secondary N) is 1. The third-order valence-electron chi connectivity index (χ3n) is 4.04. The fourth-order valence-corrected chi connectivity index (χ4v) is 2.71. The Labute approximate surface area is 127 Å². The Bertz CT molecular complexity index is 581. The summed E-state index contributed by atoms with van der Waals surface area (Å²) in [5, 5.41) is 3.06. The Kier molecular flexibility index (Phi) is 4.84. The van der Waals surface area contributed by atoms with Gasteiger partial charge in [-0.2, -0.15) is 0 Å². The number of hydrogen-bond donors (Lipinski definition) is 1. The van der Waals surface area contributed by atoms with E-state index in [1.165, 1.54) is 5.56 Å². The van der Waals surface area contributed by atoms with E-state index in [2.05, 4.69) is 28.9 Å². The molecule has 1 aromatic heterocycles. The van der Waals surface area contributed by atoms with E-state index in [0.29, 0.717) is 12.5 Å². The van der Waals surface area contributed by atoms with Crippen LogP contribution in [0.3, 0.4) is 0 Å². The molecule has 1 heterocycles. The highest BCUT2D eigenvalue weighted by molar-refractivity contribution is 5.80. The molecule has 21 heavy (non-hydrogen) atoms. The van der Waals surface area contributed by atoms with Gasteiger partial charge in [-0.1, -0.05) is 37.3 Å². The fraction of sp³-hybridized carbons (Fsp3) is 0.389. The zero-order chi connectivity index (χ0) is 15.4. The summed E-state index contributed by atoms with van der Waals surface area (Å²) in [4.78, 5) is 12.3. The quantitative estimate of drug-likeness (QED) is 0.894. The van der Waals surface area contributed by atoms with Gasteiger partial charge in [0, 0.05) is 17.9 Å². The first-order valence-electron chi connectivity index (χ1n) is 7.47. The minimum atomic E-state index is -0.178. The van der Waals surface area contributed by atoms with Crippen LogP contribution in [0.5, 0.6) is 0 Å². The van der Waals surface area contributed by atoms with Crippen molar-refractivity contribution in [1.82, 2.24) is 9.88 Å². The van der Waals surface area contributed by atoms with E-state index in [-0.39, 0.29) is 11.9 Å². The maximum absolute atomic E-state index is 12.3. The number of rotatable bonds is 5. The number of aryl methyl sites for hydroxylation is 2. The van der Waals surface area contributed by atoms with Crippen molar-refractivity contribution in [3.05, 3.63) is 59.4 Å². The molecule has 0 bridgehead atoms. The van der Waals surface area contributed by atoms with Gasteiger partial charge in [-0.15, -0.1) is 0 Å². The summed E-state index contributed by atoms with van der Waals surface area (Å²) in [6.07, 6.45) is 0. The van der Waals surface area contributed by atoms with E-state index in [1.807, 2.05) is 51.1 Å². The average Bonchev–Trinajstić information content (AvgIpc) is 2.83. The zero-order valence-electron chi connectivity index (χ0n) is 13.3. The summed E-state index contributed by atoms with van der Waals surface area (Å²) in [5.74, 6) is 0.384. The van der Waals surface area contributed by atoms with Crippen molar-refractivity contribution >= 4 is 5.91 Å². The molecule has 1 N–H and O–H groups in total. The molecule has 1 aromatic carbocycles. The molecule has 0 spiro atoms. The molecule has 2 aromatic rings. The highest BCUT2D eigenvalue weighted by atomic mass is 16.2. The fourth-order valence-electron chi connectivity index (χ4n) is 2.71. The number of benzene rings is 1. The number of hydrogen-bond acceptors (Lipinski definition) is 1. The monoisotopic (exact) mass is 284 g/mol. The van der Waals surface area contributed by atoms with Gasteiger partial charge in [0.15, 0.2) is 0 Å². The standard InChI is InChI=1S/C18H24N2O/c1-13(17-8-6-5-7-9-17)12-19-18(21)16(4)20-14(2)10-11-15(20)3/h5-11,13,16H,12H2,1-4H3,(H,19,21)/t13-,16+/m0/s1. The summed E-state index contributed by atoms with van der Waals surface area (Å²) in [5.41, 5.74) is 3.48. The average molecular weight is 284 g/mol. The number of carbonyl (C=O) groups excluding carboxylic acids is 1. The number of amides is 1. The summed E-state index contributed by atoms with van der Waals surface area (Å²) >= 11 is 0. The molecule has 0 aliphatic heterocycles. The van der Waals surface area contributed by atoms with Crippen LogP contribution in [0.15, 0.2) is 42.5 Å². The molecule has 0 saturated carbocycles. The van der Waals surface area contributed by atoms with Crippen LogP contribution in [-0.4, -0.2) is 17.0 Å². The highest BCUT2D eigenvalue weighted by Crippen LogP contribution is 2.17. The van der Waals surface area contributed by atoms with Gasteiger partial charge in [0.05, 0.1) is 0 Å². The van der Waals surface area contributed by atoms with Crippen LogP contribution in [0.25, 0.3) is 0 Å². The first-order valence-corrected chi connectivity index (χ1v) is 7.47. The van der Waals surface area contributed by atoms with Crippen LogP contribution in [-0.2, 0) is 4.79 Å². The van der Waals surface area contributed by atoms with Gasteiger partial charge in [-0.25, -0.2) is 0 Å². The second-order valence-electron chi connectivity index (χ2n) is 5.72. The van der Waals surface area contributed by atoms with E-state index in [9.17, 15) is 4.79 Å². The van der Waals surface area contributed by atoms with Crippen LogP contribution >= 0.6 is 0 Å². The van der Waals surface area contributed by atoms with Crippen molar-refractivity contribution < 1.29 is 4.79 Å². The van der Waals surface area contributed by atoms with Gasteiger partial charge in [0.1, 0.15) is 6.04 Å². The van der Waals surface area contributed by atoms with Gasteiger partial charge in [-0.3, -0.25) is 4.79 Å². The number of nitrogens with zero attached hydrogens (tertiary/aromatic N) is 1. The van der Waals surface area contributed by atoms with Gasteiger partial charge < -0.3 is 9.88 Å². The zero-order valence-corrected chi connectivity index (χ0v) is 13.3. The minimum Gasteiger partial charge on any atom is -0.354 e. The van der Waals surface area contributed by atoms with Crippen LogP contribution in [0.2, 0.25) is 0 Å². The third-order valence-corrected chi connectivity index (χ3v) is 4.04. The van der Waals surface area contributed by atoms with E-state index in [0.717, 1.165) is 11.4 Å². The summed E-state index contributed by atoms with van der Waals surface area (Å²) in [6.45, 7) is 8.80. The lowest BCUT2D eigenvalue weighted by Gasteiger charge is -2.20. The maximum Gasteiger partial charge on any atom is 0.242 e. The third kappa shape index (κ3) is 3.54. The molecular formula is C18H24N2O. The molecule has 0 unspecified atom stereocenters. The van der Waals surface area contributed by atoms with Crippen LogP contribution in [0, 0.1) is 13.8 Å². The first-order chi connectivity index (χ1) is 10.0. The lowest BCUT2D eigenvalue weighted by Crippen LogP contribution is -2.34. The Hall–Kier alpha value is -2.03. The van der Waals surface area contributed by atoms with Crippen LogP contribution in [0.4, 0.5) is 0 Å². The Balaban J connectivity index is 1.96. The van der Waals surface area contributed by atoms with E-state index in [4.69, 9.17) is 0 Å². The molecule has 0 radical (unpaired) electrons. The Morgan fingerprint density at radius 1 is 1.05 bits per heavy atom. The molecule has 2 rings (SSSR count). The van der Waals surface area contributed by atoms with Gasteiger partial charge in [0.25, 0.3) is 0 Å². The van der Waals surface area contributed by atoms with E-state index >= 15 is 0 Å². The van der Waals surface area contributed by atoms with E-state index in [1.54, 1.807) is 0 Å². The summed E-state index contributed by atoms with van der Waals surface area (Å²) < 4.78 is 2.07. The topological polar surface area (TPSA) is 34.0 Å². The van der Waals surface area contributed by atoms with Crippen molar-refractivity contribution in [2.24, 2.45) is 0 Å². The lowest BCUT2D eigenvalue weighted by molar-refractivity contribution is -0.124. The molecular weight excluding hydrogens is 260 g/mol. The number of carbonyl (C=O) groups is 1. The molecule has 1 amide bonds. The molecule has 3 nitrogen and oxygen atoms in total. The predicted octanol–water partition coefficient (Wildman–Crippen LogP) is 3.59. The maximum atomic E-state index is 12.3. The molecule has 112 valence electrons. The Morgan fingerprint density at radius 3 is 2.19 bits per heavy atom. The van der Waals surface area contributed by atoms with Crippen molar-refractivity contribution in [2.45, 2.75) is 39.7 Å². The molecule has 0 aliphatic carbocycles. The molecule has 0 aliphatic rings. The second-order valence-corrected chi connectivity index (χ2v) is 5.72. The summed E-state index contributed by atoms with van der Waals surface area (Å²) in [7, 11) is 0. The van der Waals surface area contributed by atoms with Crippen molar-refractivity contribution in [2.75, 3.05) is 6.54 Å². The van der Waals surface area contributed by atoms with Crippen LogP contribution < -0.4 is 5.32 Å². The highest BCUT2D eigenvalue weighted by Gasteiger charge is 2.18. The van der Waals surface area contributed by atoms with E-state index < -0.39 is 0 Å². The molecule has 3 heteroatoms. The van der Waals surface area contributed by atoms with Gasteiger partial charge in [0.2, 0.25) is 5.91 Å². The predicted molar refractivity (Wildman–Crippen MR) is 86.5 cm³/mol. The molecule has 0 fully saturated rings. The molecule has 2 atom stereocenters. The molecule has 0 saturated heterocycles. The minimum absolute atomic E-state index is 0.0696. The largest absolute Gasteiger partial charge is 0.354 e. The second kappa shape index (κ2) is 6.61. The van der Waals surface area contributed by atoms with Gasteiger partial charge >= 0.3 is 0 Å². The first kappa shape index (κ1) is 15.4.